The lowest BCUT2D eigenvalue weighted by molar-refractivity contribution is -0.914. The molecule has 8 heteroatoms. The van der Waals surface area contributed by atoms with Gasteiger partial charge in [0.15, 0.2) is 23.3 Å². The molecule has 2 rings (SSSR count). The Balaban J connectivity index is 0.000000316. The van der Waals surface area contributed by atoms with Crippen LogP contribution >= 0.6 is 0 Å². The van der Waals surface area contributed by atoms with Crippen molar-refractivity contribution in [1.82, 2.24) is 0 Å². The molecule has 0 aromatic heterocycles. The van der Waals surface area contributed by atoms with Crippen LogP contribution in [0, 0.1) is 29.1 Å². The van der Waals surface area contributed by atoms with Gasteiger partial charge in [0.2, 0.25) is 5.82 Å². The number of carboxylic acids is 1. The third-order valence-corrected chi connectivity index (χ3v) is 5.86. The highest BCUT2D eigenvalue weighted by atomic mass is 19.2. The Morgan fingerprint density at radius 3 is 1.61 bits per heavy atom. The number of benzene rings is 1. The molecule has 0 atom stereocenters. The first-order valence-corrected chi connectivity index (χ1v) is 11.2. The summed E-state index contributed by atoms with van der Waals surface area (Å²) in [7, 11) is 2.47. The van der Waals surface area contributed by atoms with Crippen molar-refractivity contribution in [3.8, 4) is 0 Å². The third-order valence-electron chi connectivity index (χ3n) is 5.86. The maximum Gasteiger partial charge on any atom is 0.200 e. The van der Waals surface area contributed by atoms with Crippen molar-refractivity contribution in [3.63, 3.8) is 0 Å². The highest BCUT2D eigenvalue weighted by Crippen LogP contribution is 2.22. The van der Waals surface area contributed by atoms with Gasteiger partial charge in [-0.3, -0.25) is 0 Å². The molecule has 0 N–H and O–H groups in total. The second-order valence-corrected chi connectivity index (χ2v) is 8.56. The molecule has 1 aliphatic rings. The van der Waals surface area contributed by atoms with E-state index in [0.717, 1.165) is 0 Å². The summed E-state index contributed by atoms with van der Waals surface area (Å²) >= 11 is 0. The summed E-state index contributed by atoms with van der Waals surface area (Å²) in [4.78, 5) is 10.0. The highest BCUT2D eigenvalue weighted by molar-refractivity contribution is 5.86. The van der Waals surface area contributed by atoms with Crippen LogP contribution in [-0.4, -0.2) is 37.1 Å². The Morgan fingerprint density at radius 2 is 1.16 bits per heavy atom. The first-order chi connectivity index (χ1) is 14.6. The molecule has 1 aromatic rings. The van der Waals surface area contributed by atoms with E-state index in [9.17, 15) is 31.9 Å². The van der Waals surface area contributed by atoms with Crippen molar-refractivity contribution in [2.24, 2.45) is 0 Å². The van der Waals surface area contributed by atoms with Crippen LogP contribution in [0.2, 0.25) is 0 Å². The van der Waals surface area contributed by atoms with E-state index < -0.39 is 40.6 Å². The second-order valence-electron chi connectivity index (χ2n) is 8.56. The molecule has 1 fully saturated rings. The fourth-order valence-corrected chi connectivity index (χ4v) is 3.91. The predicted octanol–water partition coefficient (Wildman–Crippen LogP) is 5.50. The average molecular weight is 452 g/mol. The Hall–Kier alpha value is -1.70. The number of piperidine rings is 1. The Morgan fingerprint density at radius 1 is 0.742 bits per heavy atom. The van der Waals surface area contributed by atoms with Crippen LogP contribution in [0.3, 0.4) is 0 Å². The molecule has 0 amide bonds. The van der Waals surface area contributed by atoms with Crippen LogP contribution in [0.1, 0.15) is 87.9 Å². The number of rotatable bonds is 10. The molecule has 178 valence electrons. The van der Waals surface area contributed by atoms with E-state index in [1.807, 2.05) is 0 Å². The number of likely N-dealkylation sites (tertiary alicyclic amines) is 1. The minimum absolute atomic E-state index is 1.37. The van der Waals surface area contributed by atoms with Gasteiger partial charge in [0.25, 0.3) is 0 Å². The van der Waals surface area contributed by atoms with Crippen molar-refractivity contribution < 1.29 is 36.3 Å². The molecule has 0 spiro atoms. The molecule has 0 saturated carbocycles. The van der Waals surface area contributed by atoms with Crippen LogP contribution in [-0.2, 0) is 0 Å². The molecular formula is C23H34F5NO2. The van der Waals surface area contributed by atoms with Gasteiger partial charge in [-0.1, -0.05) is 45.4 Å². The summed E-state index contributed by atoms with van der Waals surface area (Å²) in [5.74, 6) is -14.4. The van der Waals surface area contributed by atoms with Crippen LogP contribution in [0.4, 0.5) is 22.0 Å². The number of carbonyl (C=O) groups excluding carboxylic acids is 1. The van der Waals surface area contributed by atoms with Crippen LogP contribution in [0.5, 0.6) is 0 Å². The normalized spacial score (nSPS) is 15.3. The highest BCUT2D eigenvalue weighted by Gasteiger charge is 2.26. The summed E-state index contributed by atoms with van der Waals surface area (Å²) in [6.07, 6.45) is 16.0. The monoisotopic (exact) mass is 451 g/mol. The number of halogens is 5. The summed E-state index contributed by atoms with van der Waals surface area (Å²) in [6.45, 7) is 6.62. The summed E-state index contributed by atoms with van der Waals surface area (Å²) in [6, 6.07) is 0. The van der Waals surface area contributed by atoms with E-state index in [4.69, 9.17) is 0 Å². The molecule has 1 heterocycles. The largest absolute Gasteiger partial charge is 0.545 e. The van der Waals surface area contributed by atoms with Gasteiger partial charge in [0, 0.05) is 0 Å². The van der Waals surface area contributed by atoms with Gasteiger partial charge in [-0.05, 0) is 32.1 Å². The van der Waals surface area contributed by atoms with Gasteiger partial charge in [-0.2, -0.15) is 0 Å². The molecule has 0 unspecified atom stereocenters. The summed E-state index contributed by atoms with van der Waals surface area (Å²) in [5.41, 5.74) is -1.97. The fraction of sp³-hybridized carbons (Fsp3) is 0.696. The maximum absolute atomic E-state index is 12.5. The van der Waals surface area contributed by atoms with E-state index in [1.165, 1.54) is 94.7 Å². The zero-order chi connectivity index (χ0) is 23.4. The minimum atomic E-state index is -2.47. The number of carboxylic acid groups (broad SMARTS) is 1. The molecule has 1 aliphatic heterocycles. The number of hydrogen-bond acceptors (Lipinski definition) is 2. The maximum atomic E-state index is 12.5. The van der Waals surface area contributed by atoms with Crippen LogP contribution in [0.25, 0.3) is 0 Å². The van der Waals surface area contributed by atoms with Gasteiger partial charge in [-0.25, -0.2) is 22.0 Å². The van der Waals surface area contributed by atoms with Crippen molar-refractivity contribution in [2.75, 3.05) is 26.7 Å². The molecule has 0 bridgehead atoms. The predicted molar refractivity (Wildman–Crippen MR) is 108 cm³/mol. The Bertz CT molecular complexity index is 677. The lowest BCUT2D eigenvalue weighted by Gasteiger charge is -2.37. The zero-order valence-electron chi connectivity index (χ0n) is 18.6. The van der Waals surface area contributed by atoms with Gasteiger partial charge in [0.05, 0.1) is 38.2 Å². The molecule has 0 radical (unpaired) electrons. The second kappa shape index (κ2) is 13.7. The SMILES string of the molecule is CCCCCCCCCC[N+]1(C)CCCCC1.O=C([O-])c1c(F)c(F)c(F)c(F)c1F. The molecule has 1 aromatic carbocycles. The number of unbranched alkanes of at least 4 members (excludes halogenated alkanes) is 7. The van der Waals surface area contributed by atoms with E-state index in [1.54, 1.807) is 0 Å². The van der Waals surface area contributed by atoms with E-state index in [-0.39, 0.29) is 0 Å². The number of quaternary nitrogens is 1. The van der Waals surface area contributed by atoms with Gasteiger partial charge in [-0.15, -0.1) is 0 Å². The first kappa shape index (κ1) is 27.3. The van der Waals surface area contributed by atoms with E-state index in [2.05, 4.69) is 14.0 Å². The third kappa shape index (κ3) is 8.75. The number of hydrogen-bond donors (Lipinski definition) is 0. The van der Waals surface area contributed by atoms with Crippen molar-refractivity contribution in [3.05, 3.63) is 34.6 Å². The molecular weight excluding hydrogens is 417 g/mol. The van der Waals surface area contributed by atoms with Crippen LogP contribution in [0.15, 0.2) is 0 Å². The minimum Gasteiger partial charge on any atom is -0.545 e. The van der Waals surface area contributed by atoms with Gasteiger partial charge < -0.3 is 14.4 Å². The van der Waals surface area contributed by atoms with Crippen LogP contribution < -0.4 is 5.11 Å². The van der Waals surface area contributed by atoms with Gasteiger partial charge >= 0.3 is 0 Å². The number of nitrogens with zero attached hydrogens (tertiary/aromatic N) is 1. The van der Waals surface area contributed by atoms with Crippen molar-refractivity contribution >= 4 is 5.97 Å². The Labute approximate surface area is 181 Å². The average Bonchev–Trinajstić information content (AvgIpc) is 2.73. The number of aromatic carboxylic acids is 1. The summed E-state index contributed by atoms with van der Waals surface area (Å²) < 4.78 is 63.3. The van der Waals surface area contributed by atoms with E-state index in [0.29, 0.717) is 0 Å². The van der Waals surface area contributed by atoms with E-state index >= 15 is 0 Å². The first-order valence-electron chi connectivity index (χ1n) is 11.2. The van der Waals surface area contributed by atoms with Crippen molar-refractivity contribution in [2.45, 2.75) is 77.6 Å². The zero-order valence-corrected chi connectivity index (χ0v) is 18.6. The number of carbonyl (C=O) groups is 1. The van der Waals surface area contributed by atoms with Gasteiger partial charge in [0.1, 0.15) is 0 Å². The van der Waals surface area contributed by atoms with Crippen molar-refractivity contribution in [1.29, 1.82) is 0 Å². The standard InChI is InChI=1S/C16H34N.C7HF5O2/c1-3-4-5-6-7-8-9-11-14-17(2)15-12-10-13-16-17;8-2-1(7(13)14)3(9)5(11)6(12)4(2)10/h3-16H2,1-2H3;(H,13,14)/q+1;/p-1. The molecule has 3 nitrogen and oxygen atoms in total. The molecule has 1 saturated heterocycles. The lowest BCUT2D eigenvalue weighted by Crippen LogP contribution is -2.48. The molecule has 0 aliphatic carbocycles. The topological polar surface area (TPSA) is 40.1 Å². The Kier molecular flexibility index (Phi) is 12.0. The lowest BCUT2D eigenvalue weighted by atomic mass is 10.1. The quantitative estimate of drug-likeness (QED) is 0.155. The summed E-state index contributed by atoms with van der Waals surface area (Å²) in [5, 5.41) is 10.0. The fourth-order valence-electron chi connectivity index (χ4n) is 3.91. The smallest absolute Gasteiger partial charge is 0.200 e. The molecule has 31 heavy (non-hydrogen) atoms.